The van der Waals surface area contributed by atoms with E-state index in [-0.39, 0.29) is 0 Å². The maximum Gasteiger partial charge on any atom is 0.340 e. The average molecular weight is 398 g/mol. The monoisotopic (exact) mass is 397 g/mol. The van der Waals surface area contributed by atoms with Crippen molar-refractivity contribution in [1.82, 2.24) is 4.98 Å². The number of nitrogens with zero attached hydrogens (tertiary/aromatic N) is 1. The third kappa shape index (κ3) is 5.12. The number of thiophene rings is 1. The molecule has 27 heavy (non-hydrogen) atoms. The van der Waals surface area contributed by atoms with Crippen molar-refractivity contribution in [2.75, 3.05) is 17.7 Å². The van der Waals surface area contributed by atoms with Crippen LogP contribution in [0.1, 0.15) is 26.4 Å². The summed E-state index contributed by atoms with van der Waals surface area (Å²) in [5.74, 6) is 0.239. The Bertz CT molecular complexity index is 938. The highest BCUT2D eigenvalue weighted by Gasteiger charge is 2.18. The molecule has 2 heterocycles. The molecule has 7 heteroatoms. The van der Waals surface area contributed by atoms with Crippen LogP contribution in [-0.2, 0) is 11.2 Å². The zero-order valence-electron chi connectivity index (χ0n) is 15.0. The number of benzene rings is 1. The van der Waals surface area contributed by atoms with Crippen LogP contribution in [-0.4, -0.2) is 23.2 Å². The van der Waals surface area contributed by atoms with Crippen molar-refractivity contribution in [1.29, 1.82) is 0 Å². The van der Waals surface area contributed by atoms with Gasteiger partial charge in [-0.15, -0.1) is 11.3 Å². The van der Waals surface area contributed by atoms with Gasteiger partial charge in [0.1, 0.15) is 10.8 Å². The number of ether oxygens (including phenoxy) is 1. The van der Waals surface area contributed by atoms with E-state index in [1.807, 2.05) is 43.3 Å². The largest absolute Gasteiger partial charge is 0.465 e. The van der Waals surface area contributed by atoms with E-state index in [2.05, 4.69) is 27.8 Å². The Balaban J connectivity index is 1.77. The number of hydrogen-bond donors (Lipinski definition) is 2. The van der Waals surface area contributed by atoms with E-state index < -0.39 is 5.97 Å². The average Bonchev–Trinajstić information content (AvgIpc) is 3.05. The second-order valence-electron chi connectivity index (χ2n) is 5.91. The SMILES string of the molecule is COC(=O)c1cc(Cc2ccccc2)sc1NC(=S)Nc1ccc(C)cn1. The Morgan fingerprint density at radius 2 is 1.96 bits per heavy atom. The van der Waals surface area contributed by atoms with Gasteiger partial charge >= 0.3 is 5.97 Å². The molecular weight excluding hydrogens is 378 g/mol. The molecule has 3 aromatic rings. The van der Waals surface area contributed by atoms with Crippen molar-refractivity contribution in [3.8, 4) is 0 Å². The van der Waals surface area contributed by atoms with Crippen molar-refractivity contribution in [3.05, 3.63) is 76.3 Å². The zero-order chi connectivity index (χ0) is 19.2. The smallest absolute Gasteiger partial charge is 0.340 e. The summed E-state index contributed by atoms with van der Waals surface area (Å²) in [4.78, 5) is 17.5. The fraction of sp³-hybridized carbons (Fsp3) is 0.150. The molecular formula is C20H19N3O2S2. The molecule has 2 N–H and O–H groups in total. The lowest BCUT2D eigenvalue weighted by molar-refractivity contribution is 0.0602. The van der Waals surface area contributed by atoms with Crippen LogP contribution in [0.5, 0.6) is 0 Å². The van der Waals surface area contributed by atoms with E-state index in [1.165, 1.54) is 24.0 Å². The second-order valence-corrected chi connectivity index (χ2v) is 7.45. The highest BCUT2D eigenvalue weighted by Crippen LogP contribution is 2.30. The molecule has 0 radical (unpaired) electrons. The molecule has 138 valence electrons. The molecule has 3 rings (SSSR count). The van der Waals surface area contributed by atoms with E-state index in [0.29, 0.717) is 21.5 Å². The van der Waals surface area contributed by atoms with Crippen LogP contribution < -0.4 is 10.6 Å². The minimum Gasteiger partial charge on any atom is -0.465 e. The summed E-state index contributed by atoms with van der Waals surface area (Å²) in [6, 6.07) is 15.7. The van der Waals surface area contributed by atoms with Gasteiger partial charge in [-0.1, -0.05) is 36.4 Å². The normalized spacial score (nSPS) is 10.3. The van der Waals surface area contributed by atoms with Gasteiger partial charge in [-0.25, -0.2) is 9.78 Å². The first-order valence-electron chi connectivity index (χ1n) is 8.31. The Hall–Kier alpha value is -2.77. The standard InChI is InChI=1S/C20H19N3O2S2/c1-13-8-9-17(21-12-13)22-20(26)23-18-16(19(24)25-2)11-15(27-18)10-14-6-4-3-5-7-14/h3-9,11-12H,10H2,1-2H3,(H2,21,22,23,26). The summed E-state index contributed by atoms with van der Waals surface area (Å²) in [6.07, 6.45) is 2.49. The number of methoxy groups -OCH3 is 1. The molecule has 0 saturated carbocycles. The van der Waals surface area contributed by atoms with E-state index in [9.17, 15) is 4.79 Å². The van der Waals surface area contributed by atoms with Crippen molar-refractivity contribution < 1.29 is 9.53 Å². The second kappa shape index (κ2) is 8.75. The molecule has 0 amide bonds. The molecule has 0 unspecified atom stereocenters. The van der Waals surface area contributed by atoms with E-state index in [0.717, 1.165) is 16.9 Å². The number of aromatic nitrogens is 1. The first kappa shape index (κ1) is 19.0. The molecule has 5 nitrogen and oxygen atoms in total. The number of aryl methyl sites for hydroxylation is 1. The van der Waals surface area contributed by atoms with Crippen LogP contribution >= 0.6 is 23.6 Å². The fourth-order valence-electron chi connectivity index (χ4n) is 2.47. The molecule has 0 atom stereocenters. The lowest BCUT2D eigenvalue weighted by Crippen LogP contribution is -2.20. The number of carbonyl (C=O) groups excluding carboxylic acids is 1. The van der Waals surface area contributed by atoms with Gasteiger partial charge in [0, 0.05) is 17.5 Å². The molecule has 1 aromatic carbocycles. The van der Waals surface area contributed by atoms with Gasteiger partial charge in [-0.05, 0) is 42.4 Å². The molecule has 0 aliphatic heterocycles. The molecule has 0 aliphatic rings. The van der Waals surface area contributed by atoms with Crippen molar-refractivity contribution in [2.45, 2.75) is 13.3 Å². The highest BCUT2D eigenvalue weighted by molar-refractivity contribution is 7.80. The predicted molar refractivity (Wildman–Crippen MR) is 114 cm³/mol. The Labute approximate surface area is 167 Å². The fourth-order valence-corrected chi connectivity index (χ4v) is 3.83. The van der Waals surface area contributed by atoms with Gasteiger partial charge in [0.05, 0.1) is 12.7 Å². The van der Waals surface area contributed by atoms with Crippen molar-refractivity contribution in [2.24, 2.45) is 0 Å². The summed E-state index contributed by atoms with van der Waals surface area (Å²) >= 11 is 6.84. The number of thiocarbonyl (C=S) groups is 1. The van der Waals surface area contributed by atoms with Crippen molar-refractivity contribution >= 4 is 45.5 Å². The van der Waals surface area contributed by atoms with Gasteiger partial charge in [0.15, 0.2) is 5.11 Å². The van der Waals surface area contributed by atoms with Crippen LogP contribution in [0.2, 0.25) is 0 Å². The van der Waals surface area contributed by atoms with Crippen LogP contribution in [0.3, 0.4) is 0 Å². The highest BCUT2D eigenvalue weighted by atomic mass is 32.1. The molecule has 0 fully saturated rings. The Kier molecular flexibility index (Phi) is 6.16. The summed E-state index contributed by atoms with van der Waals surface area (Å²) in [5.41, 5.74) is 2.71. The first-order chi connectivity index (χ1) is 13.0. The maximum absolute atomic E-state index is 12.1. The Morgan fingerprint density at radius 1 is 1.19 bits per heavy atom. The summed E-state index contributed by atoms with van der Waals surface area (Å²) < 4.78 is 4.91. The number of anilines is 2. The maximum atomic E-state index is 12.1. The minimum absolute atomic E-state index is 0.365. The zero-order valence-corrected chi connectivity index (χ0v) is 16.6. The molecule has 2 aromatic heterocycles. The number of carbonyl (C=O) groups is 1. The number of pyridine rings is 1. The van der Waals surface area contributed by atoms with Gasteiger partial charge in [-0.3, -0.25) is 0 Å². The van der Waals surface area contributed by atoms with Crippen LogP contribution in [0, 0.1) is 6.92 Å². The lowest BCUT2D eigenvalue weighted by Gasteiger charge is -2.09. The molecule has 0 bridgehead atoms. The first-order valence-corrected chi connectivity index (χ1v) is 9.53. The van der Waals surface area contributed by atoms with Gasteiger partial charge in [0.25, 0.3) is 0 Å². The van der Waals surface area contributed by atoms with Gasteiger partial charge < -0.3 is 15.4 Å². The van der Waals surface area contributed by atoms with Crippen LogP contribution in [0.4, 0.5) is 10.8 Å². The summed E-state index contributed by atoms with van der Waals surface area (Å²) in [7, 11) is 1.37. The molecule has 0 aliphatic carbocycles. The van der Waals surface area contributed by atoms with Gasteiger partial charge in [0.2, 0.25) is 0 Å². The van der Waals surface area contributed by atoms with Crippen LogP contribution in [0.25, 0.3) is 0 Å². The van der Waals surface area contributed by atoms with Crippen molar-refractivity contribution in [3.63, 3.8) is 0 Å². The molecule has 0 saturated heterocycles. The van der Waals surface area contributed by atoms with E-state index in [4.69, 9.17) is 17.0 Å². The third-order valence-electron chi connectivity index (χ3n) is 3.79. The van der Waals surface area contributed by atoms with E-state index in [1.54, 1.807) is 6.20 Å². The quantitative estimate of drug-likeness (QED) is 0.483. The number of esters is 1. The van der Waals surface area contributed by atoms with E-state index >= 15 is 0 Å². The third-order valence-corrected chi connectivity index (χ3v) is 5.04. The number of rotatable bonds is 5. The minimum atomic E-state index is -0.399. The lowest BCUT2D eigenvalue weighted by atomic mass is 10.1. The van der Waals surface area contributed by atoms with Gasteiger partial charge in [-0.2, -0.15) is 0 Å². The summed E-state index contributed by atoms with van der Waals surface area (Å²) in [5, 5.41) is 7.13. The van der Waals surface area contributed by atoms with Crippen LogP contribution in [0.15, 0.2) is 54.7 Å². The number of hydrogen-bond acceptors (Lipinski definition) is 5. The Morgan fingerprint density at radius 3 is 2.63 bits per heavy atom. The predicted octanol–water partition coefficient (Wildman–Crippen LogP) is 4.64. The summed E-state index contributed by atoms with van der Waals surface area (Å²) in [6.45, 7) is 1.97. The molecule has 0 spiro atoms. The topological polar surface area (TPSA) is 63.2 Å². The number of nitrogens with one attached hydrogen (secondary N) is 2.